The zero-order valence-electron chi connectivity index (χ0n) is 16.7. The molecule has 30 heavy (non-hydrogen) atoms. The van der Waals surface area contributed by atoms with Crippen molar-refractivity contribution in [3.05, 3.63) is 50.3 Å². The highest BCUT2D eigenvalue weighted by Crippen LogP contribution is 2.38. The summed E-state index contributed by atoms with van der Waals surface area (Å²) < 4.78 is 6.09. The topological polar surface area (TPSA) is 96.9 Å². The maximum absolute atomic E-state index is 12.5. The molecule has 0 spiro atoms. The van der Waals surface area contributed by atoms with Crippen LogP contribution in [0.4, 0.5) is 5.00 Å². The maximum atomic E-state index is 12.5. The van der Waals surface area contributed by atoms with Gasteiger partial charge in [-0.2, -0.15) is 5.10 Å². The zero-order valence-corrected chi connectivity index (χ0v) is 19.1. The van der Waals surface area contributed by atoms with Gasteiger partial charge in [0.2, 0.25) is 0 Å². The third kappa shape index (κ3) is 5.14. The Labute approximate surface area is 187 Å². The van der Waals surface area contributed by atoms with Crippen molar-refractivity contribution in [2.45, 2.75) is 39.5 Å². The second-order valence-corrected chi connectivity index (χ2v) is 8.76. The highest BCUT2D eigenvalue weighted by Gasteiger charge is 2.28. The first-order valence-electron chi connectivity index (χ1n) is 9.64. The molecule has 0 unspecified atom stereocenters. The van der Waals surface area contributed by atoms with Crippen LogP contribution in [0.2, 0.25) is 0 Å². The smallest absolute Gasteiger partial charge is 0.341 e. The van der Waals surface area contributed by atoms with Crippen molar-refractivity contribution in [2.24, 2.45) is 5.10 Å². The number of amides is 2. The van der Waals surface area contributed by atoms with Crippen molar-refractivity contribution in [3.8, 4) is 0 Å². The summed E-state index contributed by atoms with van der Waals surface area (Å²) in [7, 11) is 0. The molecule has 0 saturated heterocycles. The van der Waals surface area contributed by atoms with Crippen LogP contribution in [0.15, 0.2) is 33.8 Å². The van der Waals surface area contributed by atoms with Gasteiger partial charge < -0.3 is 10.1 Å². The Balaban J connectivity index is 1.72. The fourth-order valence-corrected chi connectivity index (χ4v) is 4.71. The predicted octanol–water partition coefficient (Wildman–Crippen LogP) is 4.05. The molecule has 1 aliphatic rings. The first-order chi connectivity index (χ1) is 14.4. The van der Waals surface area contributed by atoms with Crippen LogP contribution in [0, 0.1) is 0 Å². The van der Waals surface area contributed by atoms with E-state index in [2.05, 4.69) is 31.8 Å². The number of nitrogens with zero attached hydrogens (tertiary/aromatic N) is 1. The number of halogens is 1. The van der Waals surface area contributed by atoms with E-state index in [1.165, 1.54) is 11.3 Å². The molecule has 0 fully saturated rings. The Morgan fingerprint density at radius 3 is 2.53 bits per heavy atom. The number of carbonyl (C=O) groups excluding carboxylic acids is 3. The number of carbonyl (C=O) groups is 3. The van der Waals surface area contributed by atoms with Gasteiger partial charge in [-0.1, -0.05) is 28.1 Å². The minimum Gasteiger partial charge on any atom is -0.462 e. The van der Waals surface area contributed by atoms with Crippen LogP contribution in [0.1, 0.15) is 53.1 Å². The van der Waals surface area contributed by atoms with Crippen molar-refractivity contribution >= 4 is 55.8 Å². The Hall–Kier alpha value is -2.52. The maximum Gasteiger partial charge on any atom is 0.341 e. The van der Waals surface area contributed by atoms with E-state index < -0.39 is 17.8 Å². The van der Waals surface area contributed by atoms with Gasteiger partial charge in [0, 0.05) is 9.35 Å². The molecule has 0 saturated carbocycles. The molecule has 1 heterocycles. The molecule has 158 valence electrons. The molecule has 0 aliphatic heterocycles. The van der Waals surface area contributed by atoms with Gasteiger partial charge >= 0.3 is 17.8 Å². The predicted molar refractivity (Wildman–Crippen MR) is 120 cm³/mol. The van der Waals surface area contributed by atoms with Crippen LogP contribution >= 0.6 is 27.3 Å². The van der Waals surface area contributed by atoms with E-state index >= 15 is 0 Å². The number of anilines is 1. The third-order valence-corrected chi connectivity index (χ3v) is 6.41. The Morgan fingerprint density at radius 2 is 1.83 bits per heavy atom. The summed E-state index contributed by atoms with van der Waals surface area (Å²) in [4.78, 5) is 38.2. The lowest BCUT2D eigenvalue weighted by atomic mass is 9.95. The van der Waals surface area contributed by atoms with E-state index in [4.69, 9.17) is 4.74 Å². The lowest BCUT2D eigenvalue weighted by Gasteiger charge is -2.12. The van der Waals surface area contributed by atoms with Crippen molar-refractivity contribution in [1.82, 2.24) is 5.43 Å². The van der Waals surface area contributed by atoms with Crippen molar-refractivity contribution in [1.29, 1.82) is 0 Å². The quantitative estimate of drug-likeness (QED) is 0.285. The van der Waals surface area contributed by atoms with Gasteiger partial charge in [0.15, 0.2) is 0 Å². The number of ether oxygens (including phenoxy) is 1. The second-order valence-electron chi connectivity index (χ2n) is 6.73. The summed E-state index contributed by atoms with van der Waals surface area (Å²) in [5, 5.41) is 6.92. The Morgan fingerprint density at radius 1 is 1.13 bits per heavy atom. The van der Waals surface area contributed by atoms with E-state index in [1.54, 1.807) is 13.8 Å². The van der Waals surface area contributed by atoms with Gasteiger partial charge in [0.25, 0.3) is 0 Å². The number of thiophene rings is 1. The van der Waals surface area contributed by atoms with Crippen LogP contribution in [0.25, 0.3) is 0 Å². The first kappa shape index (κ1) is 22.2. The highest BCUT2D eigenvalue weighted by molar-refractivity contribution is 9.10. The van der Waals surface area contributed by atoms with E-state index in [9.17, 15) is 14.4 Å². The molecule has 0 radical (unpaired) electrons. The molecule has 1 aromatic heterocycles. The summed E-state index contributed by atoms with van der Waals surface area (Å²) in [6.07, 6.45) is 3.63. The summed E-state index contributed by atoms with van der Waals surface area (Å²) >= 11 is 4.69. The van der Waals surface area contributed by atoms with Crippen LogP contribution in [0.3, 0.4) is 0 Å². The number of hydrazone groups is 1. The zero-order chi connectivity index (χ0) is 21.7. The summed E-state index contributed by atoms with van der Waals surface area (Å²) in [6, 6.07) is 7.41. The van der Waals surface area contributed by atoms with Crippen LogP contribution < -0.4 is 10.7 Å². The fraction of sp³-hybridized carbons (Fsp3) is 0.333. The first-order valence-corrected chi connectivity index (χ1v) is 11.2. The number of nitrogens with one attached hydrogen (secondary N) is 2. The average molecular weight is 492 g/mol. The van der Waals surface area contributed by atoms with E-state index in [0.29, 0.717) is 16.3 Å². The molecule has 7 nitrogen and oxygen atoms in total. The second kappa shape index (κ2) is 9.99. The molecule has 3 rings (SSSR count). The third-order valence-electron chi connectivity index (χ3n) is 4.67. The molecule has 2 aromatic rings. The van der Waals surface area contributed by atoms with Gasteiger partial charge in [-0.15, -0.1) is 11.3 Å². The molecule has 0 bridgehead atoms. The highest BCUT2D eigenvalue weighted by atomic mass is 79.9. The average Bonchev–Trinajstić information content (AvgIpc) is 3.10. The lowest BCUT2D eigenvalue weighted by molar-refractivity contribution is -0.136. The Kier molecular flexibility index (Phi) is 7.38. The van der Waals surface area contributed by atoms with E-state index in [0.717, 1.165) is 46.2 Å². The number of hydrogen-bond donors (Lipinski definition) is 2. The summed E-state index contributed by atoms with van der Waals surface area (Å²) in [5.74, 6) is -2.27. The molecule has 9 heteroatoms. The minimum atomic E-state index is -0.910. The number of hydrogen-bond acceptors (Lipinski definition) is 6. The van der Waals surface area contributed by atoms with E-state index in [1.807, 2.05) is 24.3 Å². The fourth-order valence-electron chi connectivity index (χ4n) is 3.17. The number of benzene rings is 1. The number of fused-ring (bicyclic) bond motifs is 1. The molecule has 1 aliphatic carbocycles. The lowest BCUT2D eigenvalue weighted by Crippen LogP contribution is -2.33. The van der Waals surface area contributed by atoms with E-state index in [-0.39, 0.29) is 6.61 Å². The molecule has 0 atom stereocenters. The molecule has 2 N–H and O–H groups in total. The van der Waals surface area contributed by atoms with Gasteiger partial charge in [-0.05, 0) is 62.8 Å². The van der Waals surface area contributed by atoms with Gasteiger partial charge in [-0.25, -0.2) is 10.2 Å². The SMILES string of the molecule is CCOC(=O)c1c(NC(=O)C(=O)NN=C(C)c2ccc(Br)cc2)sc2c1CCCC2. The standard InChI is InChI=1S/C21H22BrN3O4S/c1-3-29-21(28)17-15-6-4-5-7-16(15)30-20(17)23-18(26)19(27)25-24-12(2)13-8-10-14(22)11-9-13/h8-11H,3-7H2,1-2H3,(H,23,26)(H,25,27). The molecular formula is C21H22BrN3O4S. The number of rotatable bonds is 5. The van der Waals surface area contributed by atoms with Crippen LogP contribution in [-0.4, -0.2) is 30.1 Å². The number of esters is 1. The normalized spacial score (nSPS) is 13.4. The Bertz CT molecular complexity index is 998. The monoisotopic (exact) mass is 491 g/mol. The van der Waals surface area contributed by atoms with Gasteiger partial charge in [0.05, 0.1) is 17.9 Å². The summed E-state index contributed by atoms with van der Waals surface area (Å²) in [5.41, 5.74) is 4.93. The van der Waals surface area contributed by atoms with Gasteiger partial charge in [-0.3, -0.25) is 9.59 Å². The minimum absolute atomic E-state index is 0.237. The van der Waals surface area contributed by atoms with Crippen molar-refractivity contribution in [2.75, 3.05) is 11.9 Å². The largest absolute Gasteiger partial charge is 0.462 e. The van der Waals surface area contributed by atoms with Crippen molar-refractivity contribution in [3.63, 3.8) is 0 Å². The van der Waals surface area contributed by atoms with Gasteiger partial charge in [0.1, 0.15) is 5.00 Å². The van der Waals surface area contributed by atoms with Crippen LogP contribution in [0.5, 0.6) is 0 Å². The molecular weight excluding hydrogens is 470 g/mol. The summed E-state index contributed by atoms with van der Waals surface area (Å²) in [6.45, 7) is 3.70. The molecule has 2 amide bonds. The van der Waals surface area contributed by atoms with Crippen LogP contribution in [-0.2, 0) is 27.2 Å². The molecule has 1 aromatic carbocycles. The number of aryl methyl sites for hydroxylation is 1. The van der Waals surface area contributed by atoms with Crippen molar-refractivity contribution < 1.29 is 19.1 Å².